The summed E-state index contributed by atoms with van der Waals surface area (Å²) in [5, 5.41) is 11.0. The summed E-state index contributed by atoms with van der Waals surface area (Å²) in [4.78, 5) is 22.7. The van der Waals surface area contributed by atoms with Crippen LogP contribution in [0.15, 0.2) is 18.2 Å². The average molecular weight is 259 g/mol. The molecule has 0 spiro atoms. The first kappa shape index (κ1) is 14.0. The van der Waals surface area contributed by atoms with Crippen LogP contribution in [-0.2, 0) is 9.53 Å². The third kappa shape index (κ3) is 3.24. The molecule has 1 aromatic rings. The molecule has 0 saturated heterocycles. The van der Waals surface area contributed by atoms with E-state index in [1.54, 1.807) is 0 Å². The number of amides is 1. The van der Waals surface area contributed by atoms with Crippen LogP contribution in [0, 0.1) is 11.6 Å². The lowest BCUT2D eigenvalue weighted by Gasteiger charge is -2.13. The number of esters is 1. The van der Waals surface area contributed by atoms with Crippen LogP contribution >= 0.6 is 0 Å². The minimum atomic E-state index is -1.25. The van der Waals surface area contributed by atoms with Crippen LogP contribution in [0.2, 0.25) is 0 Å². The van der Waals surface area contributed by atoms with Gasteiger partial charge < -0.3 is 15.2 Å². The van der Waals surface area contributed by atoms with Crippen molar-refractivity contribution in [1.29, 1.82) is 0 Å². The quantitative estimate of drug-likeness (QED) is 0.759. The first-order valence-corrected chi connectivity index (χ1v) is 4.94. The van der Waals surface area contributed by atoms with Crippen molar-refractivity contribution in [2.75, 3.05) is 13.7 Å². The molecule has 0 bridgehead atoms. The molecule has 7 heteroatoms. The van der Waals surface area contributed by atoms with E-state index < -0.39 is 36.2 Å². The lowest BCUT2D eigenvalue weighted by atomic mass is 10.2. The minimum Gasteiger partial charge on any atom is -0.467 e. The van der Waals surface area contributed by atoms with Crippen LogP contribution in [0.4, 0.5) is 8.78 Å². The predicted octanol–water partition coefficient (Wildman–Crippen LogP) is 0.228. The summed E-state index contributed by atoms with van der Waals surface area (Å²) in [7, 11) is 1.09. The van der Waals surface area contributed by atoms with Crippen LogP contribution in [0.1, 0.15) is 10.4 Å². The highest BCUT2D eigenvalue weighted by molar-refractivity contribution is 5.96. The third-order valence-corrected chi connectivity index (χ3v) is 2.16. The zero-order chi connectivity index (χ0) is 13.7. The highest BCUT2D eigenvalue weighted by Gasteiger charge is 2.21. The van der Waals surface area contributed by atoms with Gasteiger partial charge in [0.1, 0.15) is 0 Å². The van der Waals surface area contributed by atoms with Gasteiger partial charge in [-0.15, -0.1) is 0 Å². The normalized spacial score (nSPS) is 11.8. The maximum Gasteiger partial charge on any atom is 0.330 e. The Labute approximate surface area is 101 Å². The molecule has 18 heavy (non-hydrogen) atoms. The molecule has 1 atom stereocenters. The van der Waals surface area contributed by atoms with Gasteiger partial charge in [-0.25, -0.2) is 13.6 Å². The van der Waals surface area contributed by atoms with Gasteiger partial charge in [0.2, 0.25) is 0 Å². The number of halogens is 2. The number of ether oxygens (including phenoxy) is 1. The molecule has 2 N–H and O–H groups in total. The van der Waals surface area contributed by atoms with E-state index in [-0.39, 0.29) is 5.56 Å². The Balaban J connectivity index is 2.81. The SMILES string of the molecule is COC(=O)[C@H](CO)NC(=O)c1ccc(F)c(F)c1. The second-order valence-electron chi connectivity index (χ2n) is 3.36. The lowest BCUT2D eigenvalue weighted by molar-refractivity contribution is -0.143. The van der Waals surface area contributed by atoms with Gasteiger partial charge in [0.25, 0.3) is 5.91 Å². The van der Waals surface area contributed by atoms with Crippen LogP contribution in [0.5, 0.6) is 0 Å². The molecule has 1 aromatic carbocycles. The zero-order valence-corrected chi connectivity index (χ0v) is 9.44. The Morgan fingerprint density at radius 3 is 2.56 bits per heavy atom. The topological polar surface area (TPSA) is 75.6 Å². The van der Waals surface area contributed by atoms with Crippen LogP contribution < -0.4 is 5.32 Å². The average Bonchev–Trinajstić information content (AvgIpc) is 2.37. The van der Waals surface area contributed by atoms with Gasteiger partial charge in [0, 0.05) is 5.56 Å². The summed E-state index contributed by atoms with van der Waals surface area (Å²) in [5.74, 6) is -3.92. The van der Waals surface area contributed by atoms with Gasteiger partial charge in [-0.3, -0.25) is 4.79 Å². The Kier molecular flexibility index (Phi) is 4.73. The van der Waals surface area contributed by atoms with Crippen molar-refractivity contribution in [2.45, 2.75) is 6.04 Å². The van der Waals surface area contributed by atoms with Gasteiger partial charge in [0.05, 0.1) is 13.7 Å². The highest BCUT2D eigenvalue weighted by Crippen LogP contribution is 2.08. The number of hydrogen-bond donors (Lipinski definition) is 2. The molecule has 0 aliphatic heterocycles. The molecule has 0 saturated carbocycles. The van der Waals surface area contributed by atoms with Crippen LogP contribution in [0.25, 0.3) is 0 Å². The molecular formula is C11H11F2NO4. The summed E-state index contributed by atoms with van der Waals surface area (Å²) in [6.07, 6.45) is 0. The van der Waals surface area contributed by atoms with Gasteiger partial charge in [-0.1, -0.05) is 0 Å². The van der Waals surface area contributed by atoms with Gasteiger partial charge in [-0.2, -0.15) is 0 Å². The number of hydrogen-bond acceptors (Lipinski definition) is 4. The maximum atomic E-state index is 12.9. The van der Waals surface area contributed by atoms with Crippen molar-refractivity contribution in [3.8, 4) is 0 Å². The number of nitrogens with one attached hydrogen (secondary N) is 1. The maximum absolute atomic E-state index is 12.9. The van der Waals surface area contributed by atoms with Gasteiger partial charge in [0.15, 0.2) is 17.7 Å². The van der Waals surface area contributed by atoms with Gasteiger partial charge in [-0.05, 0) is 18.2 Å². The zero-order valence-electron chi connectivity index (χ0n) is 9.44. The van der Waals surface area contributed by atoms with Crippen molar-refractivity contribution in [3.63, 3.8) is 0 Å². The van der Waals surface area contributed by atoms with E-state index in [0.29, 0.717) is 6.07 Å². The van der Waals surface area contributed by atoms with E-state index in [9.17, 15) is 18.4 Å². The van der Waals surface area contributed by atoms with E-state index in [2.05, 4.69) is 10.1 Å². The first-order chi connectivity index (χ1) is 8.49. The van der Waals surface area contributed by atoms with Crippen LogP contribution in [0.3, 0.4) is 0 Å². The fraction of sp³-hybridized carbons (Fsp3) is 0.273. The smallest absolute Gasteiger partial charge is 0.330 e. The minimum absolute atomic E-state index is 0.170. The first-order valence-electron chi connectivity index (χ1n) is 4.94. The summed E-state index contributed by atoms with van der Waals surface area (Å²) in [5.41, 5.74) is -0.170. The number of carbonyl (C=O) groups excluding carboxylic acids is 2. The Morgan fingerprint density at radius 1 is 1.39 bits per heavy atom. The molecule has 0 aromatic heterocycles. The third-order valence-electron chi connectivity index (χ3n) is 2.16. The van der Waals surface area contributed by atoms with Crippen molar-refractivity contribution in [2.24, 2.45) is 0 Å². The number of carbonyl (C=O) groups is 2. The second-order valence-corrected chi connectivity index (χ2v) is 3.36. The van der Waals surface area contributed by atoms with Crippen molar-refractivity contribution >= 4 is 11.9 Å². The van der Waals surface area contributed by atoms with E-state index in [1.807, 2.05) is 0 Å². The lowest BCUT2D eigenvalue weighted by Crippen LogP contribution is -2.44. The number of methoxy groups -OCH3 is 1. The monoisotopic (exact) mass is 259 g/mol. The van der Waals surface area contributed by atoms with E-state index in [0.717, 1.165) is 19.2 Å². The number of rotatable bonds is 4. The molecule has 0 heterocycles. The number of benzene rings is 1. The van der Waals surface area contributed by atoms with Crippen molar-refractivity contribution in [1.82, 2.24) is 5.32 Å². The highest BCUT2D eigenvalue weighted by atomic mass is 19.2. The largest absolute Gasteiger partial charge is 0.467 e. The molecule has 0 aliphatic carbocycles. The molecule has 0 radical (unpaired) electrons. The Hall–Kier alpha value is -2.02. The molecule has 1 rings (SSSR count). The van der Waals surface area contributed by atoms with Gasteiger partial charge >= 0.3 is 5.97 Å². The number of aliphatic hydroxyl groups excluding tert-OH is 1. The predicted molar refractivity (Wildman–Crippen MR) is 56.7 cm³/mol. The van der Waals surface area contributed by atoms with Crippen LogP contribution in [-0.4, -0.2) is 36.7 Å². The number of aliphatic hydroxyl groups is 1. The fourth-order valence-electron chi connectivity index (χ4n) is 1.20. The molecule has 98 valence electrons. The molecular weight excluding hydrogens is 248 g/mol. The summed E-state index contributed by atoms with van der Waals surface area (Å²) in [6.45, 7) is -0.665. The summed E-state index contributed by atoms with van der Waals surface area (Å²) in [6, 6.07) is 1.28. The second kappa shape index (κ2) is 6.06. The molecule has 0 aliphatic rings. The molecule has 0 fully saturated rings. The fourth-order valence-corrected chi connectivity index (χ4v) is 1.20. The van der Waals surface area contributed by atoms with E-state index >= 15 is 0 Å². The Morgan fingerprint density at radius 2 is 2.06 bits per heavy atom. The standard InChI is InChI=1S/C11H11F2NO4/c1-18-11(17)9(5-15)14-10(16)6-2-3-7(12)8(13)4-6/h2-4,9,15H,5H2,1H3,(H,14,16)/t9-/m0/s1. The van der Waals surface area contributed by atoms with Crippen molar-refractivity contribution in [3.05, 3.63) is 35.4 Å². The molecule has 0 unspecified atom stereocenters. The molecule has 5 nitrogen and oxygen atoms in total. The van der Waals surface area contributed by atoms with E-state index in [1.165, 1.54) is 0 Å². The van der Waals surface area contributed by atoms with Crippen molar-refractivity contribution < 1.29 is 28.2 Å². The molecule has 1 amide bonds. The summed E-state index contributed by atoms with van der Waals surface area (Å²) >= 11 is 0. The summed E-state index contributed by atoms with van der Waals surface area (Å²) < 4.78 is 29.9. The Bertz CT molecular complexity index is 464. The van der Waals surface area contributed by atoms with E-state index in [4.69, 9.17) is 5.11 Å².